The lowest BCUT2D eigenvalue weighted by atomic mass is 9.97. The molecule has 1 heterocycles. The highest BCUT2D eigenvalue weighted by atomic mass is 79.9. The lowest BCUT2D eigenvalue weighted by molar-refractivity contribution is -0.142. The van der Waals surface area contributed by atoms with Gasteiger partial charge in [-0.1, -0.05) is 0 Å². The SMILES string of the molecule is COC(=O)CC(C)(NS(=O)C(C)(C)C)c1cc(Br)cs1. The summed E-state index contributed by atoms with van der Waals surface area (Å²) in [5.41, 5.74) is -0.720. The van der Waals surface area contributed by atoms with Crippen molar-refractivity contribution >= 4 is 44.2 Å². The molecule has 0 amide bonds. The van der Waals surface area contributed by atoms with Gasteiger partial charge in [-0.3, -0.25) is 4.79 Å². The fourth-order valence-corrected chi connectivity index (χ4v) is 4.00. The Kier molecular flexibility index (Phi) is 5.95. The van der Waals surface area contributed by atoms with E-state index in [0.717, 1.165) is 9.35 Å². The van der Waals surface area contributed by atoms with Crippen LogP contribution in [-0.4, -0.2) is 22.0 Å². The van der Waals surface area contributed by atoms with Crippen LogP contribution in [0.25, 0.3) is 0 Å². The van der Waals surface area contributed by atoms with Crippen molar-refractivity contribution in [2.45, 2.75) is 44.4 Å². The Morgan fingerprint density at radius 2 is 2.05 bits per heavy atom. The van der Waals surface area contributed by atoms with Gasteiger partial charge in [0.1, 0.15) is 0 Å². The van der Waals surface area contributed by atoms with Gasteiger partial charge in [0.05, 0.1) is 34.8 Å². The van der Waals surface area contributed by atoms with Crippen molar-refractivity contribution in [3.63, 3.8) is 0 Å². The molecule has 1 rings (SSSR count). The number of carbonyl (C=O) groups excluding carboxylic acids is 1. The molecule has 0 aromatic carbocycles. The predicted molar refractivity (Wildman–Crippen MR) is 87.0 cm³/mol. The van der Waals surface area contributed by atoms with E-state index in [1.54, 1.807) is 0 Å². The summed E-state index contributed by atoms with van der Waals surface area (Å²) in [4.78, 5) is 12.6. The number of nitrogens with one attached hydrogen (secondary N) is 1. The van der Waals surface area contributed by atoms with Crippen LogP contribution in [0.2, 0.25) is 0 Å². The zero-order valence-corrected chi connectivity index (χ0v) is 15.5. The summed E-state index contributed by atoms with van der Waals surface area (Å²) in [7, 11) is 0.0722. The maximum absolute atomic E-state index is 12.4. The first-order valence-corrected chi connectivity index (χ1v) is 8.92. The van der Waals surface area contributed by atoms with E-state index in [0.29, 0.717) is 0 Å². The standard InChI is InChI=1S/C13H20BrNO3S2/c1-12(2,3)20(17)15-13(4,7-11(16)18-5)10-6-9(14)8-19-10/h6,8,15H,7H2,1-5H3. The Labute approximate surface area is 135 Å². The van der Waals surface area contributed by atoms with Crippen LogP contribution in [-0.2, 0) is 26.1 Å². The molecule has 0 saturated heterocycles. The number of carbonyl (C=O) groups is 1. The van der Waals surface area contributed by atoms with Crippen LogP contribution >= 0.6 is 27.3 Å². The molecule has 0 saturated carbocycles. The van der Waals surface area contributed by atoms with Crippen LogP contribution in [0.3, 0.4) is 0 Å². The van der Waals surface area contributed by atoms with Crippen LogP contribution in [0, 0.1) is 0 Å². The zero-order valence-electron chi connectivity index (χ0n) is 12.3. The highest BCUT2D eigenvalue weighted by molar-refractivity contribution is 9.10. The van der Waals surface area contributed by atoms with E-state index < -0.39 is 21.3 Å². The fraction of sp³-hybridized carbons (Fsp3) is 0.615. The topological polar surface area (TPSA) is 55.4 Å². The molecule has 2 unspecified atom stereocenters. The smallest absolute Gasteiger partial charge is 0.307 e. The van der Waals surface area contributed by atoms with Gasteiger partial charge < -0.3 is 4.74 Å². The van der Waals surface area contributed by atoms with Crippen molar-refractivity contribution < 1.29 is 13.7 Å². The second kappa shape index (κ2) is 6.68. The van der Waals surface area contributed by atoms with Crippen LogP contribution in [0.1, 0.15) is 39.0 Å². The first kappa shape index (κ1) is 17.8. The quantitative estimate of drug-likeness (QED) is 0.795. The Bertz CT molecular complexity index is 510. The normalized spacial score (nSPS) is 16.5. The minimum absolute atomic E-state index is 0.123. The molecule has 0 bridgehead atoms. The summed E-state index contributed by atoms with van der Waals surface area (Å²) >= 11 is 4.91. The summed E-state index contributed by atoms with van der Waals surface area (Å²) in [6.45, 7) is 7.53. The molecule has 20 heavy (non-hydrogen) atoms. The van der Waals surface area contributed by atoms with E-state index in [2.05, 4.69) is 20.7 Å². The summed E-state index contributed by atoms with van der Waals surface area (Å²) in [6.07, 6.45) is 0.123. The molecule has 0 aliphatic rings. The fourth-order valence-electron chi connectivity index (χ4n) is 1.49. The predicted octanol–water partition coefficient (Wildman–Crippen LogP) is 3.34. The largest absolute Gasteiger partial charge is 0.469 e. The van der Waals surface area contributed by atoms with Crippen LogP contribution in [0.5, 0.6) is 0 Å². The number of ether oxygens (including phenoxy) is 1. The lowest BCUT2D eigenvalue weighted by Gasteiger charge is -2.31. The van der Waals surface area contributed by atoms with Gasteiger partial charge in [0.25, 0.3) is 0 Å². The number of methoxy groups -OCH3 is 1. The summed E-state index contributed by atoms with van der Waals surface area (Å²) in [5, 5.41) is 1.94. The molecule has 1 aromatic heterocycles. The monoisotopic (exact) mass is 381 g/mol. The highest BCUT2D eigenvalue weighted by Gasteiger charge is 2.36. The number of hydrogen-bond donors (Lipinski definition) is 1. The van der Waals surface area contributed by atoms with Gasteiger partial charge in [-0.25, -0.2) is 8.93 Å². The molecule has 1 N–H and O–H groups in total. The van der Waals surface area contributed by atoms with Crippen LogP contribution in [0.4, 0.5) is 0 Å². The van der Waals surface area contributed by atoms with E-state index in [9.17, 15) is 9.00 Å². The molecule has 114 valence electrons. The van der Waals surface area contributed by atoms with E-state index in [1.165, 1.54) is 18.4 Å². The number of hydrogen-bond acceptors (Lipinski definition) is 4. The first-order valence-electron chi connectivity index (χ1n) is 6.09. The van der Waals surface area contributed by atoms with Crippen molar-refractivity contribution in [3.8, 4) is 0 Å². The number of halogens is 1. The average molecular weight is 382 g/mol. The van der Waals surface area contributed by atoms with Gasteiger partial charge in [0, 0.05) is 14.7 Å². The summed E-state index contributed by atoms with van der Waals surface area (Å²) < 4.78 is 20.7. The molecule has 7 heteroatoms. The Morgan fingerprint density at radius 3 is 2.45 bits per heavy atom. The molecule has 0 spiro atoms. The van der Waals surface area contributed by atoms with Gasteiger partial charge >= 0.3 is 5.97 Å². The molecule has 0 aliphatic heterocycles. The average Bonchev–Trinajstić information content (AvgIpc) is 2.75. The Hall–Kier alpha value is -0.240. The molecular formula is C13H20BrNO3S2. The van der Waals surface area contributed by atoms with Crippen LogP contribution < -0.4 is 4.72 Å². The maximum atomic E-state index is 12.4. The maximum Gasteiger partial charge on any atom is 0.307 e. The molecular weight excluding hydrogens is 362 g/mol. The lowest BCUT2D eigenvalue weighted by Crippen LogP contribution is -2.47. The van der Waals surface area contributed by atoms with Crippen molar-refractivity contribution in [2.24, 2.45) is 0 Å². The minimum atomic E-state index is -1.28. The van der Waals surface area contributed by atoms with Crippen molar-refractivity contribution in [3.05, 3.63) is 20.8 Å². The zero-order chi connectivity index (χ0) is 15.6. The van der Waals surface area contributed by atoms with Crippen LogP contribution in [0.15, 0.2) is 15.9 Å². The van der Waals surface area contributed by atoms with Gasteiger partial charge in [-0.15, -0.1) is 11.3 Å². The summed E-state index contributed by atoms with van der Waals surface area (Å²) in [5.74, 6) is -0.338. The molecule has 0 radical (unpaired) electrons. The Morgan fingerprint density at radius 1 is 1.45 bits per heavy atom. The van der Waals surface area contributed by atoms with Gasteiger partial charge in [-0.2, -0.15) is 0 Å². The third kappa shape index (κ3) is 4.65. The second-order valence-electron chi connectivity index (χ2n) is 5.70. The molecule has 4 nitrogen and oxygen atoms in total. The van der Waals surface area contributed by atoms with Crippen molar-refractivity contribution in [1.29, 1.82) is 0 Å². The molecule has 1 aromatic rings. The Balaban J connectivity index is 3.08. The first-order chi connectivity index (χ1) is 9.08. The van der Waals surface area contributed by atoms with E-state index >= 15 is 0 Å². The molecule has 0 aliphatic carbocycles. The third-order valence-corrected chi connectivity index (χ3v) is 6.41. The van der Waals surface area contributed by atoms with Crippen molar-refractivity contribution in [1.82, 2.24) is 4.72 Å². The van der Waals surface area contributed by atoms with E-state index in [1.807, 2.05) is 39.1 Å². The van der Waals surface area contributed by atoms with E-state index in [4.69, 9.17) is 4.74 Å². The minimum Gasteiger partial charge on any atom is -0.469 e. The molecule has 2 atom stereocenters. The number of esters is 1. The van der Waals surface area contributed by atoms with Gasteiger partial charge in [0.2, 0.25) is 0 Å². The third-order valence-electron chi connectivity index (χ3n) is 2.71. The second-order valence-corrected chi connectivity index (χ2v) is 9.49. The van der Waals surface area contributed by atoms with Gasteiger partial charge in [-0.05, 0) is 49.7 Å². The molecule has 0 fully saturated rings. The van der Waals surface area contributed by atoms with Gasteiger partial charge in [0.15, 0.2) is 0 Å². The summed E-state index contributed by atoms with van der Waals surface area (Å²) in [6, 6.07) is 1.93. The number of thiophene rings is 1. The number of rotatable bonds is 5. The van der Waals surface area contributed by atoms with Crippen molar-refractivity contribution in [2.75, 3.05) is 7.11 Å². The van der Waals surface area contributed by atoms with E-state index in [-0.39, 0.29) is 12.4 Å². The highest BCUT2D eigenvalue weighted by Crippen LogP contribution is 2.34.